The fraction of sp³-hybridized carbons (Fsp3) is 0.0833. The summed E-state index contributed by atoms with van der Waals surface area (Å²) < 4.78 is 12.5. The number of hydrogen-bond donors (Lipinski definition) is 0. The minimum absolute atomic E-state index is 0.129. The highest BCUT2D eigenvalue weighted by molar-refractivity contribution is 9.10. The van der Waals surface area contributed by atoms with Crippen LogP contribution in [0.3, 0.4) is 0 Å². The van der Waals surface area contributed by atoms with Crippen LogP contribution in [0.25, 0.3) is 6.08 Å². The van der Waals surface area contributed by atoms with Gasteiger partial charge in [0.2, 0.25) is 5.78 Å². The van der Waals surface area contributed by atoms with Crippen molar-refractivity contribution in [1.29, 1.82) is 0 Å². The lowest BCUT2D eigenvalue weighted by molar-refractivity contribution is 0.0920. The summed E-state index contributed by atoms with van der Waals surface area (Å²) in [6.45, 7) is 1.67. The number of carbonyl (C=O) groups excluding carboxylic acids is 2. The van der Waals surface area contributed by atoms with Crippen LogP contribution in [0.4, 0.5) is 0 Å². The van der Waals surface area contributed by atoms with E-state index in [2.05, 4.69) is 15.9 Å². The van der Waals surface area contributed by atoms with Crippen molar-refractivity contribution in [3.05, 3.63) is 98.2 Å². The molecule has 6 heteroatoms. The van der Waals surface area contributed by atoms with Gasteiger partial charge >= 0.3 is 0 Å². The summed E-state index contributed by atoms with van der Waals surface area (Å²) in [5.74, 6) is 0.849. The predicted octanol–water partition coefficient (Wildman–Crippen LogP) is 6.29. The molecule has 0 bridgehead atoms. The van der Waals surface area contributed by atoms with E-state index >= 15 is 0 Å². The molecule has 0 spiro atoms. The van der Waals surface area contributed by atoms with E-state index in [1.54, 1.807) is 49.4 Å². The van der Waals surface area contributed by atoms with Gasteiger partial charge < -0.3 is 9.47 Å². The maximum Gasteiger partial charge on any atom is 0.231 e. The van der Waals surface area contributed by atoms with Crippen LogP contribution in [0.15, 0.2) is 70.9 Å². The van der Waals surface area contributed by atoms with Crippen LogP contribution in [0.1, 0.15) is 31.8 Å². The zero-order valence-electron chi connectivity index (χ0n) is 15.9. The Morgan fingerprint density at radius 2 is 1.90 bits per heavy atom. The van der Waals surface area contributed by atoms with Gasteiger partial charge in [-0.15, -0.1) is 0 Å². The molecule has 0 fully saturated rings. The molecule has 1 heterocycles. The van der Waals surface area contributed by atoms with Gasteiger partial charge in [-0.1, -0.05) is 39.7 Å². The second-order valence-electron chi connectivity index (χ2n) is 6.78. The van der Waals surface area contributed by atoms with E-state index in [1.807, 2.05) is 24.3 Å². The molecule has 1 aliphatic heterocycles. The molecular formula is C24H16BrClO4. The molecule has 4 rings (SSSR count). The lowest BCUT2D eigenvalue weighted by Crippen LogP contribution is -2.12. The molecule has 0 unspecified atom stereocenters. The van der Waals surface area contributed by atoms with Crippen LogP contribution in [0, 0.1) is 6.92 Å². The number of allylic oxidation sites excluding steroid dienone is 1. The number of Topliss-reactive ketones (excluding diaryl/α,β-unsaturated/α-hetero) is 2. The first-order valence-electron chi connectivity index (χ1n) is 9.17. The Kier molecular flexibility index (Phi) is 5.75. The molecule has 3 aromatic carbocycles. The number of benzene rings is 3. The maximum atomic E-state index is 12.7. The number of ketones is 2. The van der Waals surface area contributed by atoms with Gasteiger partial charge in [-0.2, -0.15) is 0 Å². The molecule has 0 saturated heterocycles. The summed E-state index contributed by atoms with van der Waals surface area (Å²) in [5, 5.41) is 0.565. The minimum atomic E-state index is -0.183. The van der Waals surface area contributed by atoms with Gasteiger partial charge in [-0.05, 0) is 67.1 Å². The van der Waals surface area contributed by atoms with E-state index in [9.17, 15) is 9.59 Å². The largest absolute Gasteiger partial charge is 0.485 e. The predicted molar refractivity (Wildman–Crippen MR) is 120 cm³/mol. The summed E-state index contributed by atoms with van der Waals surface area (Å²) in [6, 6.07) is 17.6. The van der Waals surface area contributed by atoms with Crippen molar-refractivity contribution in [3.8, 4) is 11.5 Å². The van der Waals surface area contributed by atoms with Crippen LogP contribution in [-0.4, -0.2) is 18.2 Å². The molecule has 150 valence electrons. The van der Waals surface area contributed by atoms with Gasteiger partial charge in [0, 0.05) is 20.6 Å². The highest BCUT2D eigenvalue weighted by Crippen LogP contribution is 2.39. The van der Waals surface area contributed by atoms with Gasteiger partial charge in [-0.25, -0.2) is 0 Å². The van der Waals surface area contributed by atoms with Gasteiger partial charge in [0.25, 0.3) is 0 Å². The molecule has 0 amide bonds. The summed E-state index contributed by atoms with van der Waals surface area (Å²) in [7, 11) is 0. The molecule has 1 aliphatic rings. The normalized spacial score (nSPS) is 13.8. The van der Waals surface area contributed by atoms with Crippen LogP contribution in [0.2, 0.25) is 5.02 Å². The molecule has 0 aliphatic carbocycles. The highest BCUT2D eigenvalue weighted by atomic mass is 79.9. The van der Waals surface area contributed by atoms with E-state index in [-0.39, 0.29) is 23.9 Å². The molecule has 0 atom stereocenters. The van der Waals surface area contributed by atoms with Gasteiger partial charge in [0.1, 0.15) is 11.5 Å². The van der Waals surface area contributed by atoms with Crippen LogP contribution < -0.4 is 9.47 Å². The van der Waals surface area contributed by atoms with E-state index in [4.69, 9.17) is 21.1 Å². The zero-order valence-corrected chi connectivity index (χ0v) is 18.3. The standard InChI is InChI=1S/C24H16BrClO4/c1-14-21(29-13-20(27)16-5-7-18(26)8-6-16)10-9-19-23(28)22(30-24(14)19)12-15-3-2-4-17(25)11-15/h2-12H,13H2,1H3/b22-12-. The Hall–Kier alpha value is -2.89. The third-order valence-corrected chi connectivity index (χ3v) is 5.45. The first-order chi connectivity index (χ1) is 14.4. The fourth-order valence-electron chi connectivity index (χ4n) is 3.13. The quantitative estimate of drug-likeness (QED) is 0.316. The monoisotopic (exact) mass is 482 g/mol. The third kappa shape index (κ3) is 4.18. The minimum Gasteiger partial charge on any atom is -0.485 e. The second kappa shape index (κ2) is 8.46. The molecule has 0 radical (unpaired) electrons. The highest BCUT2D eigenvalue weighted by Gasteiger charge is 2.30. The average molecular weight is 484 g/mol. The number of ether oxygens (including phenoxy) is 2. The number of halogens is 2. The smallest absolute Gasteiger partial charge is 0.231 e. The van der Waals surface area contributed by atoms with Gasteiger partial charge in [0.15, 0.2) is 18.1 Å². The number of rotatable bonds is 5. The Balaban J connectivity index is 1.53. The van der Waals surface area contributed by atoms with Crippen molar-refractivity contribution in [2.45, 2.75) is 6.92 Å². The first-order valence-corrected chi connectivity index (χ1v) is 10.3. The van der Waals surface area contributed by atoms with Crippen molar-refractivity contribution in [2.24, 2.45) is 0 Å². The molecule has 0 aromatic heterocycles. The zero-order chi connectivity index (χ0) is 21.3. The summed E-state index contributed by atoms with van der Waals surface area (Å²) in [5.41, 5.74) is 2.51. The topological polar surface area (TPSA) is 52.6 Å². The average Bonchev–Trinajstić information content (AvgIpc) is 3.04. The van der Waals surface area contributed by atoms with E-state index < -0.39 is 0 Å². The lowest BCUT2D eigenvalue weighted by atomic mass is 10.1. The van der Waals surface area contributed by atoms with Gasteiger partial charge in [-0.3, -0.25) is 9.59 Å². The van der Waals surface area contributed by atoms with Gasteiger partial charge in [0.05, 0.1) is 5.56 Å². The van der Waals surface area contributed by atoms with Crippen LogP contribution >= 0.6 is 27.5 Å². The second-order valence-corrected chi connectivity index (χ2v) is 8.13. The van der Waals surface area contributed by atoms with Crippen molar-refractivity contribution in [2.75, 3.05) is 6.61 Å². The van der Waals surface area contributed by atoms with E-state index in [0.717, 1.165) is 10.0 Å². The maximum absolute atomic E-state index is 12.7. The van der Waals surface area contributed by atoms with Crippen molar-refractivity contribution >= 4 is 45.2 Å². The lowest BCUT2D eigenvalue weighted by Gasteiger charge is -2.11. The Morgan fingerprint density at radius 1 is 1.13 bits per heavy atom. The van der Waals surface area contributed by atoms with Crippen molar-refractivity contribution < 1.29 is 19.1 Å². The number of hydrogen-bond acceptors (Lipinski definition) is 4. The van der Waals surface area contributed by atoms with Crippen molar-refractivity contribution in [3.63, 3.8) is 0 Å². The summed E-state index contributed by atoms with van der Waals surface area (Å²) >= 11 is 9.28. The molecule has 4 nitrogen and oxygen atoms in total. The summed E-state index contributed by atoms with van der Waals surface area (Å²) in [6.07, 6.45) is 1.71. The van der Waals surface area contributed by atoms with Crippen LogP contribution in [-0.2, 0) is 0 Å². The Labute approximate surface area is 187 Å². The molecular weight excluding hydrogens is 468 g/mol. The first kappa shape index (κ1) is 20.4. The number of carbonyl (C=O) groups is 2. The molecule has 30 heavy (non-hydrogen) atoms. The Morgan fingerprint density at radius 3 is 2.63 bits per heavy atom. The van der Waals surface area contributed by atoms with Crippen LogP contribution in [0.5, 0.6) is 11.5 Å². The molecule has 0 saturated carbocycles. The molecule has 0 N–H and O–H groups in total. The molecule has 3 aromatic rings. The Bertz CT molecular complexity index is 1180. The number of fused-ring (bicyclic) bond motifs is 1. The SMILES string of the molecule is Cc1c(OCC(=O)c2ccc(Cl)cc2)ccc2c1O/C(=C\c1cccc(Br)c1)C2=O. The van der Waals surface area contributed by atoms with E-state index in [0.29, 0.717) is 33.2 Å². The third-order valence-electron chi connectivity index (χ3n) is 4.71. The van der Waals surface area contributed by atoms with E-state index in [1.165, 1.54) is 0 Å². The van der Waals surface area contributed by atoms with Crippen molar-refractivity contribution in [1.82, 2.24) is 0 Å². The fourth-order valence-corrected chi connectivity index (χ4v) is 3.68. The summed E-state index contributed by atoms with van der Waals surface area (Å²) in [4.78, 5) is 25.1.